The summed E-state index contributed by atoms with van der Waals surface area (Å²) >= 11 is 0. The predicted molar refractivity (Wildman–Crippen MR) is 212 cm³/mol. The minimum Gasteiger partial charge on any atom is -0.456 e. The van der Waals surface area contributed by atoms with Gasteiger partial charge >= 0.3 is 0 Å². The number of hydrogen-bond acceptors (Lipinski definition) is 4. The van der Waals surface area contributed by atoms with E-state index in [4.69, 9.17) is 19.4 Å². The number of hydrogen-bond donors (Lipinski definition) is 0. The fourth-order valence-electron chi connectivity index (χ4n) is 7.89. The first-order valence-electron chi connectivity index (χ1n) is 17.7. The molecule has 0 atom stereocenters. The van der Waals surface area contributed by atoms with Gasteiger partial charge in [0.25, 0.3) is 0 Å². The summed E-state index contributed by atoms with van der Waals surface area (Å²) in [6.45, 7) is 4.65. The fraction of sp³-hybridized carbons (Fsp3) is 0.0625. The van der Waals surface area contributed by atoms with Crippen LogP contribution in [0.3, 0.4) is 0 Å². The number of nitrogens with zero attached hydrogens (tertiary/aromatic N) is 3. The van der Waals surface area contributed by atoms with Gasteiger partial charge in [-0.25, -0.2) is 15.0 Å². The summed E-state index contributed by atoms with van der Waals surface area (Å²) in [6, 6.07) is 57.2. The summed E-state index contributed by atoms with van der Waals surface area (Å²) in [4.78, 5) is 15.3. The monoisotopic (exact) mass is 667 g/mol. The number of fused-ring (bicyclic) bond motifs is 6. The first kappa shape index (κ1) is 30.2. The summed E-state index contributed by atoms with van der Waals surface area (Å²) in [5.74, 6) is 1.84. The molecule has 0 aliphatic heterocycles. The van der Waals surface area contributed by atoms with Gasteiger partial charge in [0.2, 0.25) is 0 Å². The zero-order valence-corrected chi connectivity index (χ0v) is 28.8. The van der Waals surface area contributed by atoms with Crippen molar-refractivity contribution < 1.29 is 4.42 Å². The minimum atomic E-state index is -0.0744. The molecule has 0 unspecified atom stereocenters. The molecular weight excluding hydrogens is 635 g/mol. The Morgan fingerprint density at radius 1 is 0.385 bits per heavy atom. The maximum Gasteiger partial charge on any atom is 0.164 e. The van der Waals surface area contributed by atoms with Gasteiger partial charge < -0.3 is 4.42 Å². The van der Waals surface area contributed by atoms with E-state index in [0.717, 1.165) is 55.3 Å². The van der Waals surface area contributed by atoms with Crippen molar-refractivity contribution in [3.05, 3.63) is 175 Å². The third kappa shape index (κ3) is 4.87. The average molecular weight is 668 g/mol. The lowest BCUT2D eigenvalue weighted by Crippen LogP contribution is -2.14. The van der Waals surface area contributed by atoms with Crippen LogP contribution in [0.25, 0.3) is 89.5 Å². The van der Waals surface area contributed by atoms with E-state index in [9.17, 15) is 0 Å². The molecule has 7 aromatic carbocycles. The standard InChI is InChI=1S/C48H33N3O/c1-48(2)40-21-10-9-19-36(40)37-25-23-34(29-41(37)48)33-24-26-42-39(28-33)44-38(20-12-22-43(44)52-42)47-50-45(31-15-7-4-8-16-31)49-46(51-47)35-18-11-17-32(27-35)30-13-5-3-6-14-30/h3-29H,1-2H3. The van der Waals surface area contributed by atoms with Gasteiger partial charge in [-0.3, -0.25) is 0 Å². The Morgan fingerprint density at radius 2 is 0.962 bits per heavy atom. The summed E-state index contributed by atoms with van der Waals surface area (Å²) in [5.41, 5.74) is 14.2. The first-order chi connectivity index (χ1) is 25.5. The Labute approximate surface area is 302 Å². The van der Waals surface area contributed by atoms with E-state index < -0.39 is 0 Å². The lowest BCUT2D eigenvalue weighted by Gasteiger charge is -2.22. The number of benzene rings is 7. The van der Waals surface area contributed by atoms with Crippen LogP contribution in [0.4, 0.5) is 0 Å². The first-order valence-corrected chi connectivity index (χ1v) is 17.7. The van der Waals surface area contributed by atoms with Crippen LogP contribution in [-0.4, -0.2) is 15.0 Å². The van der Waals surface area contributed by atoms with Crippen molar-refractivity contribution in [1.29, 1.82) is 0 Å². The maximum atomic E-state index is 6.48. The van der Waals surface area contributed by atoms with Crippen LogP contribution in [0.1, 0.15) is 25.0 Å². The average Bonchev–Trinajstić information content (AvgIpc) is 3.70. The summed E-state index contributed by atoms with van der Waals surface area (Å²) in [7, 11) is 0. The molecular formula is C48H33N3O. The van der Waals surface area contributed by atoms with E-state index in [0.29, 0.717) is 17.5 Å². The molecule has 0 saturated carbocycles. The lowest BCUT2D eigenvalue weighted by molar-refractivity contribution is 0.660. The molecule has 0 radical (unpaired) electrons. The maximum absolute atomic E-state index is 6.48. The molecule has 0 N–H and O–H groups in total. The SMILES string of the molecule is CC1(C)c2ccccc2-c2ccc(-c3ccc4oc5cccc(-c6nc(-c7ccccc7)nc(-c7cccc(-c8ccccc8)c7)n6)c5c4c3)cc21. The second-order valence-electron chi connectivity index (χ2n) is 14.0. The second-order valence-corrected chi connectivity index (χ2v) is 14.0. The van der Waals surface area contributed by atoms with Crippen LogP contribution in [-0.2, 0) is 5.41 Å². The molecule has 1 aliphatic carbocycles. The largest absolute Gasteiger partial charge is 0.456 e. The van der Waals surface area contributed by atoms with Crippen LogP contribution in [0.15, 0.2) is 168 Å². The number of aromatic nitrogens is 3. The van der Waals surface area contributed by atoms with Crippen LogP contribution >= 0.6 is 0 Å². The molecule has 9 aromatic rings. The molecule has 2 heterocycles. The summed E-state index contributed by atoms with van der Waals surface area (Å²) < 4.78 is 6.48. The molecule has 0 amide bonds. The van der Waals surface area contributed by atoms with Gasteiger partial charge in [0.1, 0.15) is 11.2 Å². The van der Waals surface area contributed by atoms with Crippen LogP contribution in [0, 0.1) is 0 Å². The molecule has 4 heteroatoms. The Balaban J connectivity index is 1.14. The van der Waals surface area contributed by atoms with E-state index in [-0.39, 0.29) is 5.41 Å². The molecule has 52 heavy (non-hydrogen) atoms. The third-order valence-electron chi connectivity index (χ3n) is 10.5. The smallest absolute Gasteiger partial charge is 0.164 e. The molecule has 0 bridgehead atoms. The number of rotatable bonds is 5. The van der Waals surface area contributed by atoms with Crippen molar-refractivity contribution in [2.24, 2.45) is 0 Å². The van der Waals surface area contributed by atoms with Gasteiger partial charge in [0.05, 0.1) is 0 Å². The topological polar surface area (TPSA) is 51.8 Å². The summed E-state index contributed by atoms with van der Waals surface area (Å²) in [6.07, 6.45) is 0. The Hall–Kier alpha value is -6.65. The Morgan fingerprint density at radius 3 is 1.79 bits per heavy atom. The fourth-order valence-corrected chi connectivity index (χ4v) is 7.89. The Kier molecular flexibility index (Phi) is 6.80. The van der Waals surface area contributed by atoms with Gasteiger partial charge in [-0.2, -0.15) is 0 Å². The van der Waals surface area contributed by atoms with Gasteiger partial charge in [-0.1, -0.05) is 147 Å². The van der Waals surface area contributed by atoms with Crippen molar-refractivity contribution in [2.75, 3.05) is 0 Å². The van der Waals surface area contributed by atoms with Gasteiger partial charge in [-0.15, -0.1) is 0 Å². The molecule has 4 nitrogen and oxygen atoms in total. The highest BCUT2D eigenvalue weighted by atomic mass is 16.3. The van der Waals surface area contributed by atoms with Crippen molar-refractivity contribution in [3.63, 3.8) is 0 Å². The number of furan rings is 1. The minimum absolute atomic E-state index is 0.0744. The molecule has 10 rings (SSSR count). The normalized spacial score (nSPS) is 13.0. The molecule has 0 spiro atoms. The molecule has 246 valence electrons. The highest BCUT2D eigenvalue weighted by Crippen LogP contribution is 2.49. The van der Waals surface area contributed by atoms with Crippen molar-refractivity contribution in [3.8, 4) is 67.5 Å². The lowest BCUT2D eigenvalue weighted by atomic mass is 9.81. The highest BCUT2D eigenvalue weighted by Gasteiger charge is 2.35. The van der Waals surface area contributed by atoms with E-state index in [1.807, 2.05) is 48.5 Å². The van der Waals surface area contributed by atoms with Gasteiger partial charge in [-0.05, 0) is 74.8 Å². The predicted octanol–water partition coefficient (Wildman–Crippen LogP) is 12.4. The zero-order valence-electron chi connectivity index (χ0n) is 28.8. The van der Waals surface area contributed by atoms with Crippen LogP contribution in [0.2, 0.25) is 0 Å². The van der Waals surface area contributed by atoms with E-state index in [1.165, 1.54) is 27.8 Å². The van der Waals surface area contributed by atoms with Crippen molar-refractivity contribution in [2.45, 2.75) is 19.3 Å². The van der Waals surface area contributed by atoms with Crippen LogP contribution in [0.5, 0.6) is 0 Å². The zero-order chi connectivity index (χ0) is 34.8. The van der Waals surface area contributed by atoms with Gasteiger partial charge in [0.15, 0.2) is 17.5 Å². The van der Waals surface area contributed by atoms with Crippen molar-refractivity contribution in [1.82, 2.24) is 15.0 Å². The van der Waals surface area contributed by atoms with Gasteiger partial charge in [0, 0.05) is 32.9 Å². The molecule has 1 aliphatic rings. The van der Waals surface area contributed by atoms with E-state index in [1.54, 1.807) is 0 Å². The van der Waals surface area contributed by atoms with Crippen molar-refractivity contribution >= 4 is 21.9 Å². The highest BCUT2D eigenvalue weighted by molar-refractivity contribution is 6.12. The third-order valence-corrected chi connectivity index (χ3v) is 10.5. The van der Waals surface area contributed by atoms with E-state index in [2.05, 4.69) is 129 Å². The summed E-state index contributed by atoms with van der Waals surface area (Å²) in [5, 5.41) is 2.02. The quantitative estimate of drug-likeness (QED) is 0.183. The Bertz CT molecular complexity index is 2820. The molecule has 2 aromatic heterocycles. The van der Waals surface area contributed by atoms with E-state index >= 15 is 0 Å². The molecule has 0 saturated heterocycles. The molecule has 0 fully saturated rings. The second kappa shape index (κ2) is 11.7. The van der Waals surface area contributed by atoms with Crippen LogP contribution < -0.4 is 0 Å².